The Balaban J connectivity index is 1.69. The smallest absolute Gasteiger partial charge is 0.261 e. The summed E-state index contributed by atoms with van der Waals surface area (Å²) in [6.07, 6.45) is 0.439. The summed E-state index contributed by atoms with van der Waals surface area (Å²) in [4.78, 5) is 54.0. The number of carbonyl (C=O) groups excluding carboxylic acids is 4. The van der Waals surface area contributed by atoms with E-state index in [-0.39, 0.29) is 36.6 Å². The molecule has 34 heavy (non-hydrogen) atoms. The van der Waals surface area contributed by atoms with Gasteiger partial charge in [0.2, 0.25) is 11.8 Å². The highest BCUT2D eigenvalue weighted by molar-refractivity contribution is 6.21. The van der Waals surface area contributed by atoms with Gasteiger partial charge >= 0.3 is 0 Å². The maximum absolute atomic E-state index is 13.3. The number of benzene rings is 2. The fourth-order valence-corrected chi connectivity index (χ4v) is 4.04. The highest BCUT2D eigenvalue weighted by atomic mass is 16.2. The van der Waals surface area contributed by atoms with E-state index in [1.807, 2.05) is 52.0 Å². The van der Waals surface area contributed by atoms with Crippen LogP contribution in [0.3, 0.4) is 0 Å². The second-order valence-electron chi connectivity index (χ2n) is 9.84. The van der Waals surface area contributed by atoms with E-state index in [4.69, 9.17) is 0 Å². The van der Waals surface area contributed by atoms with Crippen molar-refractivity contribution in [1.82, 2.24) is 15.1 Å². The number of rotatable bonds is 8. The Bertz CT molecular complexity index is 1070. The molecule has 0 radical (unpaired) electrons. The number of fused-ring (bicyclic) bond motifs is 1. The minimum absolute atomic E-state index is 0.117. The van der Waals surface area contributed by atoms with Gasteiger partial charge in [0.15, 0.2) is 0 Å². The zero-order valence-corrected chi connectivity index (χ0v) is 20.6. The van der Waals surface area contributed by atoms with Gasteiger partial charge < -0.3 is 10.2 Å². The zero-order chi connectivity index (χ0) is 25.0. The molecule has 0 saturated carbocycles. The maximum atomic E-state index is 13.3. The average molecular weight is 464 g/mol. The summed E-state index contributed by atoms with van der Waals surface area (Å²) in [7, 11) is 0. The lowest BCUT2D eigenvalue weighted by Gasteiger charge is -2.31. The van der Waals surface area contributed by atoms with E-state index < -0.39 is 11.6 Å². The van der Waals surface area contributed by atoms with E-state index in [1.165, 1.54) is 4.90 Å². The number of carbonyl (C=O) groups is 4. The Morgan fingerprint density at radius 2 is 1.62 bits per heavy atom. The minimum atomic E-state index is -0.674. The van der Waals surface area contributed by atoms with Crippen molar-refractivity contribution in [2.24, 2.45) is 0 Å². The molecule has 180 valence electrons. The summed E-state index contributed by atoms with van der Waals surface area (Å²) >= 11 is 0. The summed E-state index contributed by atoms with van der Waals surface area (Å²) in [5, 5.41) is 2.94. The van der Waals surface area contributed by atoms with Crippen molar-refractivity contribution in [3.63, 3.8) is 0 Å². The lowest BCUT2D eigenvalue weighted by molar-refractivity contribution is -0.141. The molecule has 0 spiro atoms. The fourth-order valence-electron chi connectivity index (χ4n) is 4.04. The van der Waals surface area contributed by atoms with Crippen LogP contribution >= 0.6 is 0 Å². The molecule has 0 aliphatic carbocycles. The third-order valence-electron chi connectivity index (χ3n) is 5.75. The maximum Gasteiger partial charge on any atom is 0.261 e. The molecule has 1 heterocycles. The van der Waals surface area contributed by atoms with Gasteiger partial charge in [-0.3, -0.25) is 24.1 Å². The van der Waals surface area contributed by atoms with Gasteiger partial charge in [-0.15, -0.1) is 0 Å². The van der Waals surface area contributed by atoms with Gasteiger partial charge in [0.1, 0.15) is 6.04 Å². The van der Waals surface area contributed by atoms with E-state index in [0.717, 1.165) is 11.1 Å². The Hall–Kier alpha value is -3.48. The second kappa shape index (κ2) is 10.2. The predicted octanol–water partition coefficient (Wildman–Crippen LogP) is 3.70. The van der Waals surface area contributed by atoms with Crippen molar-refractivity contribution in [3.8, 4) is 0 Å². The zero-order valence-electron chi connectivity index (χ0n) is 20.6. The van der Waals surface area contributed by atoms with Gasteiger partial charge in [-0.1, -0.05) is 42.0 Å². The van der Waals surface area contributed by atoms with Crippen LogP contribution in [0.15, 0.2) is 48.5 Å². The average Bonchev–Trinajstić information content (AvgIpc) is 3.01. The molecule has 1 aliphatic rings. The van der Waals surface area contributed by atoms with Crippen LogP contribution in [0.2, 0.25) is 0 Å². The van der Waals surface area contributed by atoms with Gasteiger partial charge in [-0.2, -0.15) is 0 Å². The lowest BCUT2D eigenvalue weighted by atomic mass is 10.1. The second-order valence-corrected chi connectivity index (χ2v) is 9.84. The van der Waals surface area contributed by atoms with Crippen molar-refractivity contribution < 1.29 is 19.2 Å². The molecular weight excluding hydrogens is 430 g/mol. The molecule has 4 amide bonds. The van der Waals surface area contributed by atoms with E-state index in [9.17, 15) is 19.2 Å². The van der Waals surface area contributed by atoms with Crippen molar-refractivity contribution in [2.45, 2.75) is 65.6 Å². The van der Waals surface area contributed by atoms with Crippen LogP contribution < -0.4 is 5.32 Å². The van der Waals surface area contributed by atoms with Crippen LogP contribution in [0.4, 0.5) is 0 Å². The van der Waals surface area contributed by atoms with Gasteiger partial charge in [0.25, 0.3) is 11.8 Å². The van der Waals surface area contributed by atoms with Crippen LogP contribution in [-0.2, 0) is 16.1 Å². The fraction of sp³-hybridized carbons (Fsp3) is 0.407. The molecule has 7 nitrogen and oxygen atoms in total. The normalized spacial score (nSPS) is 14.1. The first-order chi connectivity index (χ1) is 16.0. The minimum Gasteiger partial charge on any atom is -0.350 e. The van der Waals surface area contributed by atoms with E-state index in [1.54, 1.807) is 36.1 Å². The van der Waals surface area contributed by atoms with Crippen LogP contribution in [-0.4, -0.2) is 51.6 Å². The van der Waals surface area contributed by atoms with Crippen LogP contribution in [0.25, 0.3) is 0 Å². The molecule has 2 aromatic carbocycles. The topological polar surface area (TPSA) is 86.8 Å². The molecule has 0 aromatic heterocycles. The summed E-state index contributed by atoms with van der Waals surface area (Å²) in [6.45, 7) is 9.84. The number of hydrogen-bond donors (Lipinski definition) is 1. The van der Waals surface area contributed by atoms with Gasteiger partial charge in [-0.25, -0.2) is 0 Å². The SMILES string of the molecule is Cc1cccc(CN(C(=O)CCCN2C(=O)c3ccccc3C2=O)C(C)C(=O)NC(C)(C)C)c1. The molecule has 0 saturated heterocycles. The molecule has 2 aromatic rings. The number of nitrogens with zero attached hydrogens (tertiary/aromatic N) is 2. The highest BCUT2D eigenvalue weighted by Gasteiger charge is 2.35. The number of nitrogens with one attached hydrogen (secondary N) is 1. The summed E-state index contributed by atoms with van der Waals surface area (Å²) in [5.41, 5.74) is 2.38. The van der Waals surface area contributed by atoms with Crippen LogP contribution in [0.5, 0.6) is 0 Å². The Kier molecular flexibility index (Phi) is 7.54. The molecular formula is C27H33N3O4. The van der Waals surface area contributed by atoms with E-state index in [2.05, 4.69) is 5.32 Å². The molecule has 7 heteroatoms. The van der Waals surface area contributed by atoms with E-state index in [0.29, 0.717) is 24.1 Å². The quantitative estimate of drug-likeness (QED) is 0.605. The first-order valence-corrected chi connectivity index (χ1v) is 11.6. The van der Waals surface area contributed by atoms with Crippen LogP contribution in [0, 0.1) is 6.92 Å². The number of imide groups is 1. The largest absolute Gasteiger partial charge is 0.350 e. The summed E-state index contributed by atoms with van der Waals surface area (Å²) in [6, 6.07) is 13.9. The van der Waals surface area contributed by atoms with Crippen molar-refractivity contribution >= 4 is 23.6 Å². The first-order valence-electron chi connectivity index (χ1n) is 11.6. The van der Waals surface area contributed by atoms with Crippen molar-refractivity contribution in [3.05, 3.63) is 70.8 Å². The van der Waals surface area contributed by atoms with Gasteiger partial charge in [0.05, 0.1) is 11.1 Å². The predicted molar refractivity (Wildman–Crippen MR) is 130 cm³/mol. The molecule has 1 N–H and O–H groups in total. The summed E-state index contributed by atoms with van der Waals surface area (Å²) < 4.78 is 0. The lowest BCUT2D eigenvalue weighted by Crippen LogP contribution is -2.52. The van der Waals surface area contributed by atoms with Crippen molar-refractivity contribution in [2.75, 3.05) is 6.54 Å². The summed E-state index contributed by atoms with van der Waals surface area (Å²) in [5.74, 6) is -1.09. The number of amides is 4. The molecule has 3 rings (SSSR count). The molecule has 1 atom stereocenters. The Labute approximate surface area is 201 Å². The van der Waals surface area contributed by atoms with Gasteiger partial charge in [-0.05, 0) is 58.7 Å². The van der Waals surface area contributed by atoms with Crippen molar-refractivity contribution in [1.29, 1.82) is 0 Å². The first kappa shape index (κ1) is 25.1. The molecule has 1 aliphatic heterocycles. The van der Waals surface area contributed by atoms with E-state index >= 15 is 0 Å². The van der Waals surface area contributed by atoms with Crippen LogP contribution in [0.1, 0.15) is 72.4 Å². The monoisotopic (exact) mass is 463 g/mol. The Morgan fingerprint density at radius 3 is 2.18 bits per heavy atom. The molecule has 0 bridgehead atoms. The molecule has 0 fully saturated rings. The number of aryl methyl sites for hydroxylation is 1. The third kappa shape index (κ3) is 5.90. The standard InChI is InChI=1S/C27H33N3O4/c1-18-10-8-11-20(16-18)17-30(19(2)24(32)28-27(3,4)5)23(31)14-9-15-29-25(33)21-12-6-7-13-22(21)26(29)34/h6-8,10-13,16,19H,9,14-15,17H2,1-5H3,(H,28,32). The molecule has 1 unspecified atom stereocenters. The number of hydrogen-bond acceptors (Lipinski definition) is 4. The Morgan fingerprint density at radius 1 is 1.00 bits per heavy atom. The third-order valence-corrected chi connectivity index (χ3v) is 5.75. The van der Waals surface area contributed by atoms with Gasteiger partial charge in [0, 0.05) is 25.0 Å². The highest BCUT2D eigenvalue weighted by Crippen LogP contribution is 2.23.